The first kappa shape index (κ1) is 14.3. The molecular weight excluding hydrogens is 238 g/mol. The molecule has 0 radical (unpaired) electrons. The third-order valence-corrected chi connectivity index (χ3v) is 2.83. The van der Waals surface area contributed by atoms with Gasteiger partial charge in [-0.3, -0.25) is 0 Å². The number of aryl methyl sites for hydroxylation is 1. The number of ether oxygens (including phenoxy) is 2. The molecule has 1 rings (SSSR count). The smallest absolute Gasteiger partial charge is 0.202 e. The molecule has 0 fully saturated rings. The van der Waals surface area contributed by atoms with Gasteiger partial charge in [0.2, 0.25) is 5.13 Å². The van der Waals surface area contributed by atoms with Gasteiger partial charge in [-0.1, -0.05) is 6.92 Å². The van der Waals surface area contributed by atoms with Crippen LogP contribution in [0, 0.1) is 0 Å². The molecule has 0 aromatic carbocycles. The van der Waals surface area contributed by atoms with E-state index in [1.807, 2.05) is 0 Å². The van der Waals surface area contributed by atoms with Crippen LogP contribution in [0.2, 0.25) is 0 Å². The number of nitrogens with zero attached hydrogens (tertiary/aromatic N) is 2. The van der Waals surface area contributed by atoms with Gasteiger partial charge in [-0.2, -0.15) is 4.37 Å². The fraction of sp³-hybridized carbons (Fsp3) is 0.818. The molecule has 0 unspecified atom stereocenters. The minimum absolute atomic E-state index is 0.657. The highest BCUT2D eigenvalue weighted by molar-refractivity contribution is 7.09. The quantitative estimate of drug-likeness (QED) is 0.651. The van der Waals surface area contributed by atoms with E-state index in [4.69, 9.17) is 9.47 Å². The van der Waals surface area contributed by atoms with Crippen LogP contribution in [0.25, 0.3) is 0 Å². The van der Waals surface area contributed by atoms with E-state index in [-0.39, 0.29) is 0 Å². The Labute approximate surface area is 107 Å². The van der Waals surface area contributed by atoms with Gasteiger partial charge in [0.05, 0.1) is 13.2 Å². The van der Waals surface area contributed by atoms with Crippen LogP contribution in [0.3, 0.4) is 0 Å². The highest BCUT2D eigenvalue weighted by Crippen LogP contribution is 2.11. The summed E-state index contributed by atoms with van der Waals surface area (Å²) in [7, 11) is 1.67. The molecule has 1 aromatic heterocycles. The summed E-state index contributed by atoms with van der Waals surface area (Å²) in [5.41, 5.74) is 0. The van der Waals surface area contributed by atoms with Crippen LogP contribution in [-0.2, 0) is 15.9 Å². The van der Waals surface area contributed by atoms with Crippen molar-refractivity contribution in [2.75, 3.05) is 38.8 Å². The number of methoxy groups -OCH3 is 1. The van der Waals surface area contributed by atoms with Crippen molar-refractivity contribution in [2.45, 2.75) is 26.2 Å². The first-order valence-electron chi connectivity index (χ1n) is 6.00. The molecule has 17 heavy (non-hydrogen) atoms. The zero-order valence-corrected chi connectivity index (χ0v) is 11.4. The van der Waals surface area contributed by atoms with Crippen molar-refractivity contribution >= 4 is 16.7 Å². The topological polar surface area (TPSA) is 56.3 Å². The Kier molecular flexibility index (Phi) is 7.87. The first-order chi connectivity index (χ1) is 8.36. The van der Waals surface area contributed by atoms with Crippen molar-refractivity contribution in [2.24, 2.45) is 0 Å². The summed E-state index contributed by atoms with van der Waals surface area (Å²) >= 11 is 1.43. The van der Waals surface area contributed by atoms with Gasteiger partial charge in [0.25, 0.3) is 0 Å². The van der Waals surface area contributed by atoms with Gasteiger partial charge in [-0.05, 0) is 12.8 Å². The summed E-state index contributed by atoms with van der Waals surface area (Å²) in [6.45, 7) is 5.07. The van der Waals surface area contributed by atoms with Crippen LogP contribution in [0.5, 0.6) is 0 Å². The molecule has 6 heteroatoms. The second-order valence-corrected chi connectivity index (χ2v) is 4.40. The fourth-order valence-corrected chi connectivity index (χ4v) is 1.90. The third kappa shape index (κ3) is 6.55. The molecule has 0 saturated carbocycles. The molecule has 0 aliphatic carbocycles. The maximum atomic E-state index is 5.36. The van der Waals surface area contributed by atoms with Crippen molar-refractivity contribution in [3.05, 3.63) is 5.82 Å². The normalized spacial score (nSPS) is 10.7. The number of nitrogens with one attached hydrogen (secondary N) is 1. The van der Waals surface area contributed by atoms with Crippen LogP contribution in [0.4, 0.5) is 5.13 Å². The van der Waals surface area contributed by atoms with E-state index in [1.165, 1.54) is 11.5 Å². The van der Waals surface area contributed by atoms with Crippen molar-refractivity contribution in [1.82, 2.24) is 9.36 Å². The van der Waals surface area contributed by atoms with Gasteiger partial charge < -0.3 is 14.8 Å². The Morgan fingerprint density at radius 1 is 1.29 bits per heavy atom. The Hall–Kier alpha value is -0.720. The second-order valence-electron chi connectivity index (χ2n) is 3.65. The van der Waals surface area contributed by atoms with Crippen LogP contribution < -0.4 is 5.32 Å². The number of rotatable bonds is 10. The predicted molar refractivity (Wildman–Crippen MR) is 69.7 cm³/mol. The van der Waals surface area contributed by atoms with Gasteiger partial charge >= 0.3 is 0 Å². The second kappa shape index (κ2) is 9.32. The molecule has 1 N–H and O–H groups in total. The molecule has 0 aliphatic heterocycles. The van der Waals surface area contributed by atoms with Crippen molar-refractivity contribution in [3.8, 4) is 0 Å². The van der Waals surface area contributed by atoms with Crippen LogP contribution in [-0.4, -0.2) is 42.8 Å². The van der Waals surface area contributed by atoms with Crippen molar-refractivity contribution in [3.63, 3.8) is 0 Å². The van der Waals surface area contributed by atoms with E-state index >= 15 is 0 Å². The average Bonchev–Trinajstić information content (AvgIpc) is 2.76. The van der Waals surface area contributed by atoms with Gasteiger partial charge in [-0.25, -0.2) is 4.98 Å². The maximum absolute atomic E-state index is 5.36. The van der Waals surface area contributed by atoms with E-state index in [0.29, 0.717) is 13.2 Å². The highest BCUT2D eigenvalue weighted by atomic mass is 32.1. The van der Waals surface area contributed by atoms with Crippen LogP contribution in [0.1, 0.15) is 25.6 Å². The van der Waals surface area contributed by atoms with Gasteiger partial charge in [0.15, 0.2) is 0 Å². The van der Waals surface area contributed by atoms with Crippen molar-refractivity contribution < 1.29 is 9.47 Å². The van der Waals surface area contributed by atoms with Gasteiger partial charge in [-0.15, -0.1) is 0 Å². The standard InChI is InChI=1S/C11H21N3O2S/c1-3-5-10-13-11(17-14-10)12-6-4-7-16-9-8-15-2/h3-9H2,1-2H3,(H,12,13,14). The Balaban J connectivity index is 2.01. The Morgan fingerprint density at radius 3 is 2.94 bits per heavy atom. The van der Waals surface area contributed by atoms with E-state index in [9.17, 15) is 0 Å². The van der Waals surface area contributed by atoms with E-state index in [2.05, 4.69) is 21.6 Å². The molecule has 0 spiro atoms. The lowest BCUT2D eigenvalue weighted by Gasteiger charge is -2.03. The predicted octanol–water partition coefficient (Wildman–Crippen LogP) is 1.96. The average molecular weight is 259 g/mol. The minimum atomic E-state index is 0.657. The number of hydrogen-bond acceptors (Lipinski definition) is 6. The summed E-state index contributed by atoms with van der Waals surface area (Å²) in [6, 6.07) is 0. The summed E-state index contributed by atoms with van der Waals surface area (Å²) in [4.78, 5) is 4.38. The molecule has 0 atom stereocenters. The van der Waals surface area contributed by atoms with Crippen LogP contribution in [0.15, 0.2) is 0 Å². The number of hydrogen-bond donors (Lipinski definition) is 1. The van der Waals surface area contributed by atoms with Gasteiger partial charge in [0, 0.05) is 38.2 Å². The molecular formula is C11H21N3O2S. The van der Waals surface area contributed by atoms with Gasteiger partial charge in [0.1, 0.15) is 5.82 Å². The lowest BCUT2D eigenvalue weighted by atomic mass is 10.3. The fourth-order valence-electron chi connectivity index (χ4n) is 1.26. The zero-order valence-electron chi connectivity index (χ0n) is 10.6. The molecule has 0 aliphatic rings. The molecule has 0 bridgehead atoms. The van der Waals surface area contributed by atoms with Crippen molar-refractivity contribution in [1.29, 1.82) is 0 Å². The lowest BCUT2D eigenvalue weighted by Crippen LogP contribution is -2.08. The molecule has 0 amide bonds. The SMILES string of the molecule is CCCc1nsc(NCCCOCCOC)n1. The van der Waals surface area contributed by atoms with E-state index in [0.717, 1.165) is 43.4 Å². The largest absolute Gasteiger partial charge is 0.382 e. The summed E-state index contributed by atoms with van der Waals surface area (Å²) in [5, 5.41) is 4.16. The third-order valence-electron chi connectivity index (χ3n) is 2.12. The van der Waals surface area contributed by atoms with E-state index < -0.39 is 0 Å². The number of aromatic nitrogens is 2. The lowest BCUT2D eigenvalue weighted by molar-refractivity contribution is 0.0705. The van der Waals surface area contributed by atoms with E-state index in [1.54, 1.807) is 7.11 Å². The molecule has 98 valence electrons. The Bertz CT molecular complexity index is 294. The first-order valence-corrected chi connectivity index (χ1v) is 6.77. The maximum Gasteiger partial charge on any atom is 0.202 e. The summed E-state index contributed by atoms with van der Waals surface area (Å²) in [6.07, 6.45) is 3.01. The highest BCUT2D eigenvalue weighted by Gasteiger charge is 2.01. The molecule has 5 nitrogen and oxygen atoms in total. The minimum Gasteiger partial charge on any atom is -0.382 e. The molecule has 1 aromatic rings. The zero-order chi connectivity index (χ0) is 12.3. The summed E-state index contributed by atoms with van der Waals surface area (Å²) < 4.78 is 14.5. The Morgan fingerprint density at radius 2 is 2.18 bits per heavy atom. The summed E-state index contributed by atoms with van der Waals surface area (Å²) in [5.74, 6) is 0.941. The molecule has 0 saturated heterocycles. The molecule has 1 heterocycles. The van der Waals surface area contributed by atoms with Crippen LogP contribution >= 0.6 is 11.5 Å². The number of anilines is 1. The monoisotopic (exact) mass is 259 g/mol.